The van der Waals surface area contributed by atoms with Crippen LogP contribution < -0.4 is 4.90 Å². The second-order valence-electron chi connectivity index (χ2n) is 3.01. The van der Waals surface area contributed by atoms with Gasteiger partial charge in [0.2, 0.25) is 5.91 Å². The van der Waals surface area contributed by atoms with Crippen LogP contribution in [0.1, 0.15) is 12.5 Å². The van der Waals surface area contributed by atoms with Crippen LogP contribution >= 0.6 is 0 Å². The van der Waals surface area contributed by atoms with Crippen molar-refractivity contribution in [3.05, 3.63) is 27.9 Å². The number of carbonyl (C=O) groups is 1. The summed E-state index contributed by atoms with van der Waals surface area (Å²) in [7, 11) is 1.44. The number of nitrogens with zero attached hydrogens (tertiary/aromatic N) is 4. The van der Waals surface area contributed by atoms with Crippen LogP contribution in [0.2, 0.25) is 0 Å². The Kier molecular flexibility index (Phi) is 3.15. The fraction of sp³-hybridized carbons (Fsp3) is 0.222. The van der Waals surface area contributed by atoms with Crippen molar-refractivity contribution in [2.75, 3.05) is 11.9 Å². The highest BCUT2D eigenvalue weighted by molar-refractivity contribution is 5.91. The molecule has 0 aliphatic heterocycles. The van der Waals surface area contributed by atoms with Gasteiger partial charge in [0.05, 0.1) is 4.92 Å². The summed E-state index contributed by atoms with van der Waals surface area (Å²) in [5, 5.41) is 19.3. The molecule has 1 rings (SSSR count). The van der Waals surface area contributed by atoms with Crippen molar-refractivity contribution < 1.29 is 9.72 Å². The van der Waals surface area contributed by atoms with Gasteiger partial charge in [-0.1, -0.05) is 0 Å². The summed E-state index contributed by atoms with van der Waals surface area (Å²) in [5.41, 5.74) is -0.288. The third-order valence-electron chi connectivity index (χ3n) is 1.97. The molecule has 1 amide bonds. The quantitative estimate of drug-likeness (QED) is 0.543. The van der Waals surface area contributed by atoms with Crippen molar-refractivity contribution in [2.24, 2.45) is 0 Å². The third-order valence-corrected chi connectivity index (χ3v) is 1.97. The maximum absolute atomic E-state index is 11.1. The van der Waals surface area contributed by atoms with Crippen LogP contribution in [-0.2, 0) is 4.79 Å². The van der Waals surface area contributed by atoms with E-state index in [1.54, 1.807) is 6.07 Å². The van der Waals surface area contributed by atoms with E-state index in [4.69, 9.17) is 5.26 Å². The summed E-state index contributed by atoms with van der Waals surface area (Å²) >= 11 is 0. The molecule has 0 spiro atoms. The SMILES string of the molecule is CC(=O)N(C)c1ncc([N+](=O)[O-])cc1C#N. The van der Waals surface area contributed by atoms with Crippen molar-refractivity contribution in [1.82, 2.24) is 4.98 Å². The summed E-state index contributed by atoms with van der Waals surface area (Å²) in [6, 6.07) is 2.85. The average Bonchev–Trinajstić information content (AvgIpc) is 2.26. The van der Waals surface area contributed by atoms with E-state index in [1.165, 1.54) is 14.0 Å². The Balaban J connectivity index is 3.28. The number of rotatable bonds is 2. The first-order chi connectivity index (χ1) is 7.47. The Morgan fingerprint density at radius 3 is 2.75 bits per heavy atom. The Morgan fingerprint density at radius 1 is 1.69 bits per heavy atom. The number of aromatic nitrogens is 1. The molecule has 0 N–H and O–H groups in total. The van der Waals surface area contributed by atoms with Crippen molar-refractivity contribution in [3.63, 3.8) is 0 Å². The second kappa shape index (κ2) is 4.35. The molecule has 7 heteroatoms. The normalized spacial score (nSPS) is 9.31. The summed E-state index contributed by atoms with van der Waals surface area (Å²) in [5.74, 6) is -0.196. The summed E-state index contributed by atoms with van der Waals surface area (Å²) in [6.07, 6.45) is 1.01. The number of hydrogen-bond donors (Lipinski definition) is 0. The zero-order valence-electron chi connectivity index (χ0n) is 8.67. The van der Waals surface area contributed by atoms with E-state index in [0.29, 0.717) is 0 Å². The third kappa shape index (κ3) is 2.12. The van der Waals surface area contributed by atoms with Crippen LogP contribution in [0.3, 0.4) is 0 Å². The molecular weight excluding hydrogens is 212 g/mol. The van der Waals surface area contributed by atoms with Crippen molar-refractivity contribution in [3.8, 4) is 6.07 Å². The Bertz CT molecular complexity index is 492. The molecule has 82 valence electrons. The molecule has 0 radical (unpaired) electrons. The highest BCUT2D eigenvalue weighted by Gasteiger charge is 2.16. The minimum absolute atomic E-state index is 0.00750. The number of carbonyl (C=O) groups excluding carboxylic acids is 1. The average molecular weight is 220 g/mol. The number of pyridine rings is 1. The first-order valence-corrected chi connectivity index (χ1v) is 4.26. The number of nitro groups is 1. The van der Waals surface area contributed by atoms with Crippen molar-refractivity contribution in [1.29, 1.82) is 5.26 Å². The van der Waals surface area contributed by atoms with E-state index in [2.05, 4.69) is 4.98 Å². The molecule has 0 unspecified atom stereocenters. The maximum Gasteiger partial charge on any atom is 0.289 e. The van der Waals surface area contributed by atoms with Crippen LogP contribution in [0.25, 0.3) is 0 Å². The summed E-state index contributed by atoms with van der Waals surface area (Å²) < 4.78 is 0. The minimum Gasteiger partial charge on any atom is -0.299 e. The number of anilines is 1. The lowest BCUT2D eigenvalue weighted by atomic mass is 10.2. The van der Waals surface area contributed by atoms with E-state index >= 15 is 0 Å². The zero-order valence-corrected chi connectivity index (χ0v) is 8.67. The van der Waals surface area contributed by atoms with Gasteiger partial charge in [-0.25, -0.2) is 4.98 Å². The molecule has 0 aliphatic rings. The molecule has 16 heavy (non-hydrogen) atoms. The smallest absolute Gasteiger partial charge is 0.289 e. The number of amides is 1. The van der Waals surface area contributed by atoms with Crippen LogP contribution in [0.15, 0.2) is 12.3 Å². The van der Waals surface area contributed by atoms with E-state index in [1.807, 2.05) is 0 Å². The number of hydrogen-bond acceptors (Lipinski definition) is 5. The van der Waals surface area contributed by atoms with Gasteiger partial charge in [0.25, 0.3) is 5.69 Å². The fourth-order valence-corrected chi connectivity index (χ4v) is 1.05. The molecule has 0 saturated heterocycles. The Morgan fingerprint density at radius 2 is 2.31 bits per heavy atom. The van der Waals surface area contributed by atoms with Gasteiger partial charge in [-0.15, -0.1) is 0 Å². The first-order valence-electron chi connectivity index (χ1n) is 4.26. The van der Waals surface area contributed by atoms with Crippen LogP contribution in [0, 0.1) is 21.4 Å². The van der Waals surface area contributed by atoms with Gasteiger partial charge in [0, 0.05) is 20.0 Å². The Hall–Kier alpha value is -2.49. The summed E-state index contributed by atoms with van der Waals surface area (Å²) in [4.78, 5) is 25.8. The Labute approximate surface area is 91.1 Å². The first kappa shape index (κ1) is 11.6. The van der Waals surface area contributed by atoms with E-state index in [9.17, 15) is 14.9 Å². The lowest BCUT2D eigenvalue weighted by Crippen LogP contribution is -2.24. The van der Waals surface area contributed by atoms with Crippen LogP contribution in [0.4, 0.5) is 11.5 Å². The molecule has 0 aromatic carbocycles. The molecule has 0 aliphatic carbocycles. The molecule has 7 nitrogen and oxygen atoms in total. The second-order valence-corrected chi connectivity index (χ2v) is 3.01. The maximum atomic E-state index is 11.1. The minimum atomic E-state index is -0.647. The molecular formula is C9H8N4O3. The highest BCUT2D eigenvalue weighted by Crippen LogP contribution is 2.20. The van der Waals surface area contributed by atoms with Crippen molar-refractivity contribution >= 4 is 17.4 Å². The van der Waals surface area contributed by atoms with Gasteiger partial charge in [0.15, 0.2) is 5.82 Å². The molecule has 1 heterocycles. The summed E-state index contributed by atoms with van der Waals surface area (Å²) in [6.45, 7) is 1.31. The zero-order chi connectivity index (χ0) is 12.3. The number of nitriles is 1. The molecule has 1 aromatic heterocycles. The van der Waals surface area contributed by atoms with Crippen LogP contribution in [0.5, 0.6) is 0 Å². The molecule has 0 fully saturated rings. The predicted octanol–water partition coefficient (Wildman–Crippen LogP) is 0.844. The largest absolute Gasteiger partial charge is 0.299 e. The van der Waals surface area contributed by atoms with Gasteiger partial charge in [-0.2, -0.15) is 5.26 Å². The van der Waals surface area contributed by atoms with Gasteiger partial charge in [0.1, 0.15) is 17.8 Å². The fourth-order valence-electron chi connectivity index (χ4n) is 1.05. The predicted molar refractivity (Wildman–Crippen MR) is 54.7 cm³/mol. The van der Waals surface area contributed by atoms with E-state index in [0.717, 1.165) is 17.2 Å². The standard InChI is InChI=1S/C9H8N4O3/c1-6(14)12(2)9-7(4-10)3-8(5-11-9)13(15)16/h3,5H,1-2H3. The van der Waals surface area contributed by atoms with Gasteiger partial charge >= 0.3 is 0 Å². The molecule has 0 bridgehead atoms. The monoisotopic (exact) mass is 220 g/mol. The topological polar surface area (TPSA) is 100 Å². The molecule has 1 aromatic rings. The van der Waals surface area contributed by atoms with Crippen LogP contribution in [-0.4, -0.2) is 22.9 Å². The van der Waals surface area contributed by atoms with Gasteiger partial charge < -0.3 is 0 Å². The molecule has 0 saturated carbocycles. The molecule has 0 atom stereocenters. The lowest BCUT2D eigenvalue weighted by Gasteiger charge is -2.14. The van der Waals surface area contributed by atoms with E-state index < -0.39 is 4.92 Å². The van der Waals surface area contributed by atoms with Gasteiger partial charge in [-0.05, 0) is 0 Å². The van der Waals surface area contributed by atoms with E-state index in [-0.39, 0.29) is 23.0 Å². The highest BCUT2D eigenvalue weighted by atomic mass is 16.6. The lowest BCUT2D eigenvalue weighted by molar-refractivity contribution is -0.385. The van der Waals surface area contributed by atoms with Gasteiger partial charge in [-0.3, -0.25) is 19.8 Å². The van der Waals surface area contributed by atoms with Crippen molar-refractivity contribution in [2.45, 2.75) is 6.92 Å².